The van der Waals surface area contributed by atoms with Crippen molar-refractivity contribution in [2.45, 2.75) is 82.8 Å². The molecule has 0 spiro atoms. The number of carbonyl (C=O) groups excluding carboxylic acids is 2. The lowest BCUT2D eigenvalue weighted by Crippen LogP contribution is -2.58. The summed E-state index contributed by atoms with van der Waals surface area (Å²) in [5.74, 6) is -0.301. The van der Waals surface area contributed by atoms with Gasteiger partial charge in [0.15, 0.2) is 29.4 Å². The number of anilines is 2. The van der Waals surface area contributed by atoms with Crippen LogP contribution in [0.5, 0.6) is 0 Å². The summed E-state index contributed by atoms with van der Waals surface area (Å²) in [5, 5.41) is 5.58. The minimum absolute atomic E-state index is 0. The summed E-state index contributed by atoms with van der Waals surface area (Å²) >= 11 is 18.8. The Hall–Kier alpha value is -12.5. The van der Waals surface area contributed by atoms with Gasteiger partial charge in [0.2, 0.25) is 0 Å². The molecular weight excluding hydrogens is 1960 g/mol. The number of aryl methyl sites for hydroxylation is 1. The zero-order valence-corrected chi connectivity index (χ0v) is 83.9. The predicted octanol–water partition coefficient (Wildman–Crippen LogP) is 20.7. The van der Waals surface area contributed by atoms with E-state index >= 15 is 0 Å². The van der Waals surface area contributed by atoms with Crippen LogP contribution in [0.15, 0.2) is 379 Å². The van der Waals surface area contributed by atoms with Crippen LogP contribution in [0, 0.1) is 6.92 Å². The number of benzene rings is 11. The normalized spacial score (nSPS) is 18.1. The SMILES string of the molecule is C.C.C.CN(C)P(=O)(Cl)OCC1CN(C(c2ccccc2)(c2ccccc2)c2ccccc2)CC(n2ccc(NC(=O)c3ccccc3)nc2=O)O1.CN(C)P(=O)(Cl)OCC1CN(C(c2ccccc2)(c2ccccc2)c2ccccc2)CC(n2cnc3c(NC(=O)c4ccccc4)ncnc32)O1.Cc1cn(C2CN(C(c3ccccc3)(c3ccccc3)c3ccccc3)CC(COP(=O)(Cl)N(C)C)O2)c(=O)[nH]c1=O. The Labute approximate surface area is 859 Å². The van der Waals surface area contributed by atoms with Crippen LogP contribution in [-0.4, -0.2) is 199 Å². The van der Waals surface area contributed by atoms with E-state index in [-0.39, 0.29) is 78.6 Å². The van der Waals surface area contributed by atoms with E-state index in [0.29, 0.717) is 54.0 Å². The van der Waals surface area contributed by atoms with Crippen LogP contribution >= 0.6 is 54.3 Å². The smallest absolute Gasteiger partial charge is 0.350 e. The number of halogens is 3. The zero-order chi connectivity index (χ0) is 99.8. The third-order valence-corrected chi connectivity index (χ3v) is 33.0. The average Bonchev–Trinajstić information content (AvgIpc) is 1.06. The highest BCUT2D eigenvalue weighted by atomic mass is 35.7. The first-order valence-electron chi connectivity index (χ1n) is 46.0. The first kappa shape index (κ1) is 110. The molecule has 3 saturated heterocycles. The number of hydrogen-bond acceptors (Lipinski definition) is 21. The number of fused-ring (bicyclic) bond motifs is 1. The lowest BCUT2D eigenvalue weighted by molar-refractivity contribution is -0.148. The molecule has 0 bridgehead atoms. The van der Waals surface area contributed by atoms with Crippen LogP contribution in [0.3, 0.4) is 0 Å². The van der Waals surface area contributed by atoms with E-state index in [1.807, 2.05) is 180 Å². The van der Waals surface area contributed by atoms with Crippen molar-refractivity contribution < 1.29 is 51.1 Å². The fourth-order valence-corrected chi connectivity index (χ4v) is 20.6. The number of carbonyl (C=O) groups is 2. The van der Waals surface area contributed by atoms with Gasteiger partial charge in [-0.2, -0.15) is 4.98 Å². The van der Waals surface area contributed by atoms with E-state index in [1.165, 1.54) is 35.7 Å². The highest BCUT2D eigenvalue weighted by Crippen LogP contribution is 2.58. The van der Waals surface area contributed by atoms with Crippen molar-refractivity contribution in [3.05, 3.63) is 463 Å². The van der Waals surface area contributed by atoms with E-state index in [4.69, 9.17) is 61.5 Å². The Morgan fingerprint density at radius 2 is 0.676 bits per heavy atom. The maximum absolute atomic E-state index is 13.6. The van der Waals surface area contributed by atoms with E-state index in [0.717, 1.165) is 50.1 Å². The summed E-state index contributed by atoms with van der Waals surface area (Å²) in [5.41, 5.74) is 7.37. The maximum atomic E-state index is 13.6. The van der Waals surface area contributed by atoms with E-state index < -0.39 is 91.2 Å². The number of rotatable bonds is 31. The number of nitrogens with zero attached hydrogens (tertiary/aromatic N) is 13. The van der Waals surface area contributed by atoms with Gasteiger partial charge in [-0.25, -0.2) is 38.6 Å². The molecule has 9 atom stereocenters. The number of morpholine rings is 3. The highest BCUT2D eigenvalue weighted by molar-refractivity contribution is 7.84. The molecule has 3 N–H and O–H groups in total. The van der Waals surface area contributed by atoms with Gasteiger partial charge >= 0.3 is 32.0 Å². The third-order valence-electron chi connectivity index (χ3n) is 25.1. The number of ether oxygens (including phenoxy) is 3. The number of aromatic amines is 1. The molecule has 3 aliphatic rings. The van der Waals surface area contributed by atoms with Gasteiger partial charge in [0.05, 0.1) is 61.1 Å². The Morgan fingerprint density at radius 1 is 0.393 bits per heavy atom. The molecule has 145 heavy (non-hydrogen) atoms. The molecule has 4 aromatic heterocycles. The van der Waals surface area contributed by atoms with Gasteiger partial charge < -0.3 is 38.4 Å². The Morgan fingerprint density at radius 3 is 0.972 bits per heavy atom. The third kappa shape index (κ3) is 24.6. The molecule has 0 radical (unpaired) electrons. The van der Waals surface area contributed by atoms with Crippen molar-refractivity contribution in [1.29, 1.82) is 0 Å². The second-order valence-corrected chi connectivity index (χ2v) is 44.5. The minimum Gasteiger partial charge on any atom is -0.350 e. The lowest BCUT2D eigenvalue weighted by Gasteiger charge is -2.50. The van der Waals surface area contributed by atoms with E-state index in [2.05, 4.69) is 159 Å². The standard InChI is InChI=1S/C38H37ClN7O4P.C37H37ClN5O5P.C31H34ClN4O5P.3CH4/c1-44(2)51(39,48)49-25-32-23-45(38(29-17-9-4-10-18-29,30-19-11-5-12-20-30)31-21-13-6-14-22-31)24-33(50-32)46-27-42-34-35(40-26-41-36(34)46)43-37(47)28-15-7-3-8-16-28;1-41(2)49(38,46)47-27-32-25-42(26-34(48-32)43-24-23-33(40-36(43)45)39-35(44)28-15-7-3-8-16-28)37(29-17-9-4-10-18-29,30-19-11-5-12-20-30)31-21-13-6-14-22-31;1-23-19-36(30(38)33-29(23)37)28-21-35(20-27(41-28)22-40-42(32,39)34(2)3)31(24-13-7-4-8-14-24,25-15-9-5-10-16-25)26-17-11-6-12-18-26;;;/h3-22,26-27,32-33H,23-25H2,1-2H3,(H,40,41,43,47);3-24,32,34H,25-27H2,1-2H3,(H,39,40,44,45);4-19,27-28H,20-22H2,1-3H3,(H,33,37,38);3*1H4. The Bertz CT molecular complexity index is 6820. The zero-order valence-electron chi connectivity index (χ0n) is 79.0. The molecule has 0 saturated carbocycles. The summed E-state index contributed by atoms with van der Waals surface area (Å²) in [6.07, 6.45) is 1.94. The van der Waals surface area contributed by atoms with Gasteiger partial charge in [0, 0.05) is 68.4 Å². The van der Waals surface area contributed by atoms with Crippen LogP contribution in [-0.2, 0) is 58.1 Å². The fraction of sp³-hybridized carbons (Fsp3) is 0.257. The molecule has 0 aliphatic carbocycles. The number of H-pyrrole nitrogens is 1. The van der Waals surface area contributed by atoms with Crippen molar-refractivity contribution in [1.82, 2.24) is 67.3 Å². The summed E-state index contributed by atoms with van der Waals surface area (Å²) in [4.78, 5) is 91.8. The number of hydrogen-bond donors (Lipinski definition) is 3. The summed E-state index contributed by atoms with van der Waals surface area (Å²) in [6, 6.07) is 111. The number of imidazole rings is 1. The molecule has 9 unspecified atom stereocenters. The number of nitrogens with one attached hydrogen (secondary N) is 3. The van der Waals surface area contributed by atoms with Gasteiger partial charge in [-0.05, 0) is 163 Å². The van der Waals surface area contributed by atoms with Crippen molar-refractivity contribution >= 4 is 89.0 Å². The molecule has 11 aromatic carbocycles. The molecule has 2 amide bonds. The summed E-state index contributed by atoms with van der Waals surface area (Å²) in [6.45, 7) is -7.37. The molecule has 7 heterocycles. The Kier molecular flexibility index (Phi) is 37.2. The molecule has 36 heteroatoms. The minimum atomic E-state index is -3.63. The van der Waals surface area contributed by atoms with Crippen molar-refractivity contribution in [2.75, 3.05) is 112 Å². The van der Waals surface area contributed by atoms with Gasteiger partial charge in [-0.3, -0.25) is 61.5 Å². The fourth-order valence-electron chi connectivity index (χ4n) is 18.3. The lowest BCUT2D eigenvalue weighted by atomic mass is 9.75. The van der Waals surface area contributed by atoms with Crippen molar-refractivity contribution in [2.24, 2.45) is 0 Å². The molecule has 3 aliphatic heterocycles. The van der Waals surface area contributed by atoms with Gasteiger partial charge in [0.25, 0.3) is 17.4 Å². The van der Waals surface area contributed by atoms with Crippen molar-refractivity contribution in [3.8, 4) is 0 Å². The van der Waals surface area contributed by atoms with Crippen LogP contribution in [0.1, 0.15) is 117 Å². The van der Waals surface area contributed by atoms with Gasteiger partial charge in [0.1, 0.15) is 18.4 Å². The number of aromatic nitrogens is 8. The largest absolute Gasteiger partial charge is 0.362 e. The molecule has 3 fully saturated rings. The van der Waals surface area contributed by atoms with Gasteiger partial charge in [-0.1, -0.05) is 332 Å². The van der Waals surface area contributed by atoms with E-state index in [1.54, 1.807) is 116 Å². The highest BCUT2D eigenvalue weighted by Gasteiger charge is 2.51. The predicted molar refractivity (Wildman–Crippen MR) is 572 cm³/mol. The average molecular weight is 2080 g/mol. The molecule has 15 aromatic rings. The van der Waals surface area contributed by atoms with Crippen molar-refractivity contribution in [3.63, 3.8) is 0 Å². The topological polar surface area (TPSA) is 318 Å². The van der Waals surface area contributed by atoms with Crippen LogP contribution < -0.4 is 27.6 Å². The Balaban J connectivity index is 0.000000181. The van der Waals surface area contributed by atoms with Crippen LogP contribution in [0.4, 0.5) is 11.6 Å². The van der Waals surface area contributed by atoms with Gasteiger partial charge in [-0.15, -0.1) is 0 Å². The summed E-state index contributed by atoms with van der Waals surface area (Å²) in [7, 11) is 9.55. The quantitative estimate of drug-likeness (QED) is 0.0268. The molecular formula is C109H120Cl3N16O14P3. The number of amides is 2. The van der Waals surface area contributed by atoms with E-state index in [9.17, 15) is 37.7 Å². The monoisotopic (exact) mass is 2070 g/mol. The second-order valence-electron chi connectivity index (χ2n) is 34.7. The summed E-state index contributed by atoms with van der Waals surface area (Å²) < 4.78 is 84.8. The van der Waals surface area contributed by atoms with Crippen LogP contribution in [0.25, 0.3) is 11.2 Å². The maximum Gasteiger partial charge on any atom is 0.362 e. The second kappa shape index (κ2) is 49.2. The van der Waals surface area contributed by atoms with Crippen LogP contribution in [0.2, 0.25) is 0 Å². The molecule has 756 valence electrons. The molecule has 18 rings (SSSR count). The first-order valence-corrected chi connectivity index (χ1v) is 53.4. The molecule has 30 nitrogen and oxygen atoms in total. The first-order chi connectivity index (χ1) is 68.6.